The van der Waals surface area contributed by atoms with Crippen molar-refractivity contribution >= 4 is 34.0 Å². The fourth-order valence-electron chi connectivity index (χ4n) is 3.61. The Balaban J connectivity index is 1.69. The Morgan fingerprint density at radius 3 is 2.80 bits per heavy atom. The van der Waals surface area contributed by atoms with E-state index in [1.807, 2.05) is 0 Å². The van der Waals surface area contributed by atoms with Gasteiger partial charge >= 0.3 is 0 Å². The molecule has 1 saturated heterocycles. The number of halogens is 2. The lowest BCUT2D eigenvalue weighted by Gasteiger charge is -2.26. The van der Waals surface area contributed by atoms with Gasteiger partial charge in [-0.2, -0.15) is 5.10 Å². The van der Waals surface area contributed by atoms with Crippen LogP contribution in [0.1, 0.15) is 24.4 Å². The van der Waals surface area contributed by atoms with E-state index in [1.165, 1.54) is 27.2 Å². The third kappa shape index (κ3) is 3.06. The summed E-state index contributed by atoms with van der Waals surface area (Å²) in [5.74, 6) is 0. The van der Waals surface area contributed by atoms with E-state index in [1.54, 1.807) is 0 Å². The third-order valence-electron chi connectivity index (χ3n) is 4.80. The SMILES string of the molecule is O=c1c(Cl)c(Cl)cnn1CN1CCC[C@H]1c1cccc2ccccc12. The smallest absolute Gasteiger partial charge is 0.277 e. The molecule has 1 fully saturated rings. The summed E-state index contributed by atoms with van der Waals surface area (Å²) < 4.78 is 1.39. The number of likely N-dealkylation sites (tertiary alicyclic amines) is 1. The van der Waals surface area contributed by atoms with E-state index in [-0.39, 0.29) is 21.6 Å². The molecule has 0 radical (unpaired) electrons. The Kier molecular flexibility index (Phi) is 4.50. The highest BCUT2D eigenvalue weighted by Gasteiger charge is 2.28. The lowest BCUT2D eigenvalue weighted by Crippen LogP contribution is -2.34. The first-order chi connectivity index (χ1) is 12.1. The Labute approximate surface area is 155 Å². The number of benzene rings is 2. The van der Waals surface area contributed by atoms with Crippen LogP contribution in [0, 0.1) is 0 Å². The highest BCUT2D eigenvalue weighted by molar-refractivity contribution is 6.41. The van der Waals surface area contributed by atoms with E-state index in [0.717, 1.165) is 19.4 Å². The van der Waals surface area contributed by atoms with Crippen molar-refractivity contribution in [1.82, 2.24) is 14.7 Å². The van der Waals surface area contributed by atoms with Crippen molar-refractivity contribution in [3.8, 4) is 0 Å². The maximum absolute atomic E-state index is 12.3. The van der Waals surface area contributed by atoms with Crippen molar-refractivity contribution in [3.63, 3.8) is 0 Å². The molecule has 0 unspecified atom stereocenters. The van der Waals surface area contributed by atoms with E-state index < -0.39 is 0 Å². The van der Waals surface area contributed by atoms with Crippen LogP contribution in [-0.4, -0.2) is 21.2 Å². The van der Waals surface area contributed by atoms with Gasteiger partial charge in [0.05, 0.1) is 17.9 Å². The summed E-state index contributed by atoms with van der Waals surface area (Å²) in [5, 5.41) is 6.85. The van der Waals surface area contributed by atoms with Crippen molar-refractivity contribution in [1.29, 1.82) is 0 Å². The van der Waals surface area contributed by atoms with Crippen LogP contribution in [-0.2, 0) is 6.67 Å². The van der Waals surface area contributed by atoms with Crippen molar-refractivity contribution in [2.24, 2.45) is 0 Å². The normalized spacial score (nSPS) is 18.1. The van der Waals surface area contributed by atoms with Crippen molar-refractivity contribution in [2.75, 3.05) is 6.54 Å². The molecule has 2 heterocycles. The number of fused-ring (bicyclic) bond motifs is 1. The summed E-state index contributed by atoms with van der Waals surface area (Å²) in [6.07, 6.45) is 3.57. The van der Waals surface area contributed by atoms with Gasteiger partial charge in [-0.3, -0.25) is 9.69 Å². The number of hydrogen-bond acceptors (Lipinski definition) is 3. The summed E-state index contributed by atoms with van der Waals surface area (Å²) in [5.41, 5.74) is 0.946. The van der Waals surface area contributed by atoms with Crippen LogP contribution in [0.15, 0.2) is 53.5 Å². The van der Waals surface area contributed by atoms with Crippen LogP contribution >= 0.6 is 23.2 Å². The first kappa shape index (κ1) is 16.6. The quantitative estimate of drug-likeness (QED) is 0.678. The molecule has 3 aromatic rings. The van der Waals surface area contributed by atoms with Crippen LogP contribution in [0.25, 0.3) is 10.8 Å². The molecule has 1 aliphatic heterocycles. The monoisotopic (exact) mass is 373 g/mol. The Morgan fingerprint density at radius 1 is 1.12 bits per heavy atom. The molecule has 0 aliphatic carbocycles. The molecule has 0 spiro atoms. The fourth-order valence-corrected chi connectivity index (χ4v) is 3.88. The van der Waals surface area contributed by atoms with Gasteiger partial charge in [-0.1, -0.05) is 65.7 Å². The zero-order valence-corrected chi connectivity index (χ0v) is 15.0. The molecule has 1 aromatic heterocycles. The topological polar surface area (TPSA) is 38.1 Å². The number of nitrogens with zero attached hydrogens (tertiary/aromatic N) is 3. The van der Waals surface area contributed by atoms with E-state index in [0.29, 0.717) is 6.67 Å². The van der Waals surface area contributed by atoms with Crippen LogP contribution in [0.5, 0.6) is 0 Å². The zero-order valence-electron chi connectivity index (χ0n) is 13.5. The summed E-state index contributed by atoms with van der Waals surface area (Å²) in [4.78, 5) is 14.6. The van der Waals surface area contributed by atoms with Gasteiger partial charge < -0.3 is 0 Å². The molecule has 1 aliphatic rings. The molecule has 0 bridgehead atoms. The summed E-state index contributed by atoms with van der Waals surface area (Å²) in [7, 11) is 0. The molecule has 128 valence electrons. The first-order valence-electron chi connectivity index (χ1n) is 8.28. The molecular formula is C19H17Cl2N3O. The molecule has 0 saturated carbocycles. The number of hydrogen-bond donors (Lipinski definition) is 0. The second kappa shape index (κ2) is 6.79. The predicted molar refractivity (Wildman–Crippen MR) is 101 cm³/mol. The lowest BCUT2D eigenvalue weighted by atomic mass is 9.97. The van der Waals surface area contributed by atoms with E-state index in [9.17, 15) is 4.79 Å². The second-order valence-corrected chi connectivity index (χ2v) is 7.08. The number of rotatable bonds is 3. The van der Waals surface area contributed by atoms with Gasteiger partial charge in [0.25, 0.3) is 5.56 Å². The molecule has 4 nitrogen and oxygen atoms in total. The van der Waals surface area contributed by atoms with Crippen molar-refractivity contribution in [2.45, 2.75) is 25.6 Å². The van der Waals surface area contributed by atoms with E-state index in [2.05, 4.69) is 52.5 Å². The Hall–Kier alpha value is -1.88. The predicted octanol–water partition coefficient (Wildman–Crippen LogP) is 4.50. The molecule has 25 heavy (non-hydrogen) atoms. The van der Waals surface area contributed by atoms with Gasteiger partial charge in [0, 0.05) is 12.6 Å². The van der Waals surface area contributed by atoms with Gasteiger partial charge in [-0.25, -0.2) is 4.68 Å². The minimum atomic E-state index is -0.349. The van der Waals surface area contributed by atoms with Crippen LogP contribution < -0.4 is 5.56 Å². The summed E-state index contributed by atoms with van der Waals surface area (Å²) in [6, 6.07) is 15.1. The molecule has 2 aromatic carbocycles. The zero-order chi connectivity index (χ0) is 17.4. The average molecular weight is 374 g/mol. The van der Waals surface area contributed by atoms with Gasteiger partial charge in [-0.15, -0.1) is 0 Å². The maximum atomic E-state index is 12.3. The highest BCUT2D eigenvalue weighted by atomic mass is 35.5. The Morgan fingerprint density at radius 2 is 1.92 bits per heavy atom. The molecule has 6 heteroatoms. The molecule has 4 rings (SSSR count). The largest absolute Gasteiger partial charge is 0.288 e. The maximum Gasteiger partial charge on any atom is 0.288 e. The van der Waals surface area contributed by atoms with Crippen molar-refractivity contribution < 1.29 is 0 Å². The molecule has 0 N–H and O–H groups in total. The standard InChI is InChI=1S/C19H17Cl2N3O/c20-16-11-22-24(19(25)18(16)21)12-23-10-4-9-17(23)15-8-3-6-13-5-1-2-7-14(13)15/h1-3,5-8,11,17H,4,9-10,12H2/t17-/m0/s1. The summed E-state index contributed by atoms with van der Waals surface area (Å²) in [6.45, 7) is 1.33. The van der Waals surface area contributed by atoms with Gasteiger partial charge in [-0.05, 0) is 29.2 Å². The molecule has 0 amide bonds. The molecule has 1 atom stereocenters. The lowest BCUT2D eigenvalue weighted by molar-refractivity contribution is 0.188. The summed E-state index contributed by atoms with van der Waals surface area (Å²) >= 11 is 11.8. The molecular weight excluding hydrogens is 357 g/mol. The minimum absolute atomic E-state index is 0.0255. The highest BCUT2D eigenvalue weighted by Crippen LogP contribution is 2.36. The van der Waals surface area contributed by atoms with Crippen LogP contribution in [0.3, 0.4) is 0 Å². The van der Waals surface area contributed by atoms with Crippen LogP contribution in [0.2, 0.25) is 10.0 Å². The minimum Gasteiger partial charge on any atom is -0.277 e. The average Bonchev–Trinajstić information content (AvgIpc) is 3.10. The van der Waals surface area contributed by atoms with E-state index >= 15 is 0 Å². The van der Waals surface area contributed by atoms with Crippen molar-refractivity contribution in [3.05, 3.63) is 74.6 Å². The van der Waals surface area contributed by atoms with Crippen LogP contribution in [0.4, 0.5) is 0 Å². The van der Waals surface area contributed by atoms with E-state index in [4.69, 9.17) is 23.2 Å². The fraction of sp³-hybridized carbons (Fsp3) is 0.263. The first-order valence-corrected chi connectivity index (χ1v) is 9.03. The second-order valence-electron chi connectivity index (χ2n) is 6.29. The van der Waals surface area contributed by atoms with Gasteiger partial charge in [0.15, 0.2) is 0 Å². The van der Waals surface area contributed by atoms with Gasteiger partial charge in [0.1, 0.15) is 5.02 Å². The number of aromatic nitrogens is 2. The Bertz CT molecular complexity index is 981. The third-order valence-corrected chi connectivity index (χ3v) is 5.55. The van der Waals surface area contributed by atoms with Gasteiger partial charge in [0.2, 0.25) is 0 Å².